The molecule has 1 aromatic carbocycles. The van der Waals surface area contributed by atoms with E-state index in [0.29, 0.717) is 24.7 Å². The van der Waals surface area contributed by atoms with Crippen molar-refractivity contribution >= 4 is 5.96 Å². The molecule has 0 spiro atoms. The molecule has 0 bridgehead atoms. The van der Waals surface area contributed by atoms with Crippen molar-refractivity contribution in [2.75, 3.05) is 13.6 Å². The molecule has 0 aliphatic heterocycles. The monoisotopic (exact) mass is 448 g/mol. The maximum Gasteiger partial charge on any atom is 0.416 e. The third-order valence-corrected chi connectivity index (χ3v) is 4.98. The van der Waals surface area contributed by atoms with Crippen molar-refractivity contribution in [3.63, 3.8) is 0 Å². The summed E-state index contributed by atoms with van der Waals surface area (Å²) in [4.78, 5) is 4.09. The Morgan fingerprint density at radius 2 is 1.94 bits per heavy atom. The van der Waals surface area contributed by atoms with Crippen molar-refractivity contribution in [3.8, 4) is 5.69 Å². The van der Waals surface area contributed by atoms with Crippen LogP contribution in [0.4, 0.5) is 13.2 Å². The summed E-state index contributed by atoms with van der Waals surface area (Å²) in [6.07, 6.45) is -2.08. The van der Waals surface area contributed by atoms with Crippen molar-refractivity contribution in [1.82, 2.24) is 35.2 Å². The van der Waals surface area contributed by atoms with E-state index in [1.54, 1.807) is 26.4 Å². The summed E-state index contributed by atoms with van der Waals surface area (Å²) in [5.74, 6) is 1.28. The van der Waals surface area contributed by atoms with Gasteiger partial charge in [0.05, 0.1) is 16.9 Å². The summed E-state index contributed by atoms with van der Waals surface area (Å²) in [5.41, 5.74) is 1.30. The molecule has 2 heterocycles. The second-order valence-corrected chi connectivity index (χ2v) is 7.32. The van der Waals surface area contributed by atoms with Gasteiger partial charge in [-0.25, -0.2) is 4.68 Å². The summed E-state index contributed by atoms with van der Waals surface area (Å²) in [6, 6.07) is 6.06. The van der Waals surface area contributed by atoms with Crippen molar-refractivity contribution in [3.05, 3.63) is 58.9 Å². The highest BCUT2D eigenvalue weighted by molar-refractivity contribution is 5.79. The zero-order chi connectivity index (χ0) is 23.3. The van der Waals surface area contributed by atoms with Crippen LogP contribution < -0.4 is 10.6 Å². The SMILES string of the molecule is CCc1nncn1CCNC(=NC)NCc1ccc(-n2nc(C)cc2C)cc1C(F)(F)F. The molecule has 0 saturated heterocycles. The maximum atomic E-state index is 13.8. The van der Waals surface area contributed by atoms with E-state index in [4.69, 9.17) is 0 Å². The van der Waals surface area contributed by atoms with Crippen molar-refractivity contribution in [2.45, 2.75) is 46.5 Å². The molecular weight excluding hydrogens is 421 g/mol. The number of hydrogen-bond donors (Lipinski definition) is 2. The Kier molecular flexibility index (Phi) is 7.16. The minimum Gasteiger partial charge on any atom is -0.355 e. The second kappa shape index (κ2) is 9.84. The maximum absolute atomic E-state index is 13.8. The Morgan fingerprint density at radius 1 is 1.16 bits per heavy atom. The van der Waals surface area contributed by atoms with Gasteiger partial charge in [0.25, 0.3) is 0 Å². The standard InChI is InChI=1S/C21H27F3N8/c1-5-19-29-28-13-31(19)9-8-26-20(25-4)27-12-16-6-7-17(11-18(16)21(22,23)24)32-15(3)10-14(2)30-32/h6-7,10-11,13H,5,8-9,12H2,1-4H3,(H2,25,26,27). The first kappa shape index (κ1) is 23.3. The van der Waals surface area contributed by atoms with Gasteiger partial charge in [-0.05, 0) is 37.6 Å². The number of nitrogens with zero attached hydrogens (tertiary/aromatic N) is 6. The van der Waals surface area contributed by atoms with Crippen molar-refractivity contribution in [1.29, 1.82) is 0 Å². The van der Waals surface area contributed by atoms with Crippen LogP contribution in [0.1, 0.15) is 35.3 Å². The van der Waals surface area contributed by atoms with Crippen LogP contribution in [0.5, 0.6) is 0 Å². The average Bonchev–Trinajstić information content (AvgIpc) is 3.34. The van der Waals surface area contributed by atoms with E-state index in [-0.39, 0.29) is 12.1 Å². The predicted octanol–water partition coefficient (Wildman–Crippen LogP) is 3.03. The summed E-state index contributed by atoms with van der Waals surface area (Å²) < 4.78 is 44.7. The fourth-order valence-electron chi connectivity index (χ4n) is 3.44. The normalized spacial score (nSPS) is 12.3. The van der Waals surface area contributed by atoms with Gasteiger partial charge < -0.3 is 15.2 Å². The van der Waals surface area contributed by atoms with Crippen LogP contribution >= 0.6 is 0 Å². The van der Waals surface area contributed by atoms with E-state index in [1.807, 2.05) is 24.5 Å². The fraction of sp³-hybridized carbons (Fsp3) is 0.429. The molecule has 32 heavy (non-hydrogen) atoms. The van der Waals surface area contributed by atoms with E-state index in [1.165, 1.54) is 10.7 Å². The van der Waals surface area contributed by atoms with Crippen molar-refractivity contribution < 1.29 is 13.2 Å². The van der Waals surface area contributed by atoms with Crippen LogP contribution in [-0.4, -0.2) is 44.1 Å². The molecule has 0 radical (unpaired) electrons. The number of aliphatic imine (C=N–C) groups is 1. The Labute approximate surface area is 184 Å². The number of aryl methyl sites for hydroxylation is 3. The van der Waals surface area contributed by atoms with E-state index in [0.717, 1.165) is 29.7 Å². The van der Waals surface area contributed by atoms with Gasteiger partial charge in [-0.1, -0.05) is 13.0 Å². The topological polar surface area (TPSA) is 85.0 Å². The highest BCUT2D eigenvalue weighted by Crippen LogP contribution is 2.33. The molecule has 3 aromatic rings. The number of guanidine groups is 1. The summed E-state index contributed by atoms with van der Waals surface area (Å²) in [5, 5.41) is 18.2. The van der Waals surface area contributed by atoms with Crippen LogP contribution in [0, 0.1) is 13.8 Å². The second-order valence-electron chi connectivity index (χ2n) is 7.32. The fourth-order valence-corrected chi connectivity index (χ4v) is 3.44. The van der Waals surface area contributed by atoms with Gasteiger partial charge in [-0.15, -0.1) is 10.2 Å². The Bertz CT molecular complexity index is 1080. The number of nitrogens with one attached hydrogen (secondary N) is 2. The van der Waals surface area contributed by atoms with Gasteiger partial charge >= 0.3 is 6.18 Å². The first-order chi connectivity index (χ1) is 15.2. The molecule has 0 aliphatic carbocycles. The lowest BCUT2D eigenvalue weighted by atomic mass is 10.1. The molecule has 0 amide bonds. The number of alkyl halides is 3. The number of rotatable bonds is 7. The molecule has 0 saturated carbocycles. The van der Waals surface area contributed by atoms with Crippen LogP contribution in [0.25, 0.3) is 5.69 Å². The molecule has 0 atom stereocenters. The van der Waals surface area contributed by atoms with Crippen molar-refractivity contribution in [2.24, 2.45) is 4.99 Å². The lowest BCUT2D eigenvalue weighted by molar-refractivity contribution is -0.138. The van der Waals surface area contributed by atoms with Gasteiger partial charge in [0.2, 0.25) is 0 Å². The zero-order valence-electron chi connectivity index (χ0n) is 18.5. The van der Waals surface area contributed by atoms with Crippen LogP contribution in [0.3, 0.4) is 0 Å². The first-order valence-corrected chi connectivity index (χ1v) is 10.3. The lowest BCUT2D eigenvalue weighted by Gasteiger charge is -2.17. The molecule has 3 rings (SSSR count). The Morgan fingerprint density at radius 3 is 2.56 bits per heavy atom. The lowest BCUT2D eigenvalue weighted by Crippen LogP contribution is -2.38. The molecule has 2 aromatic heterocycles. The van der Waals surface area contributed by atoms with Crippen LogP contribution in [0.15, 0.2) is 35.6 Å². The number of halogens is 3. The highest BCUT2D eigenvalue weighted by atomic mass is 19.4. The minimum absolute atomic E-state index is 0.0290. The summed E-state index contributed by atoms with van der Waals surface area (Å²) in [6.45, 7) is 6.71. The smallest absolute Gasteiger partial charge is 0.355 e. The number of aromatic nitrogens is 5. The van der Waals surface area contributed by atoms with Crippen LogP contribution in [-0.2, 0) is 25.7 Å². The Hall–Kier alpha value is -3.37. The summed E-state index contributed by atoms with van der Waals surface area (Å²) in [7, 11) is 1.57. The van der Waals surface area contributed by atoms with Gasteiger partial charge in [-0.2, -0.15) is 18.3 Å². The van der Waals surface area contributed by atoms with Gasteiger partial charge in [0.1, 0.15) is 12.2 Å². The van der Waals surface area contributed by atoms with E-state index < -0.39 is 11.7 Å². The van der Waals surface area contributed by atoms with Gasteiger partial charge in [-0.3, -0.25) is 4.99 Å². The number of benzene rings is 1. The molecule has 2 N–H and O–H groups in total. The Balaban J connectivity index is 1.69. The average molecular weight is 448 g/mol. The third-order valence-electron chi connectivity index (χ3n) is 4.98. The molecule has 11 heteroatoms. The largest absolute Gasteiger partial charge is 0.416 e. The van der Waals surface area contributed by atoms with Crippen LogP contribution in [0.2, 0.25) is 0 Å². The van der Waals surface area contributed by atoms with E-state index in [2.05, 4.69) is 30.9 Å². The molecule has 8 nitrogen and oxygen atoms in total. The summed E-state index contributed by atoms with van der Waals surface area (Å²) >= 11 is 0. The quantitative estimate of drug-likeness (QED) is 0.429. The van der Waals surface area contributed by atoms with Gasteiger partial charge in [0.15, 0.2) is 5.96 Å². The van der Waals surface area contributed by atoms with Gasteiger partial charge in [0, 0.05) is 38.8 Å². The molecule has 0 aliphatic rings. The first-order valence-electron chi connectivity index (χ1n) is 10.3. The van der Waals surface area contributed by atoms with E-state index >= 15 is 0 Å². The zero-order valence-corrected chi connectivity index (χ0v) is 18.5. The predicted molar refractivity (Wildman–Crippen MR) is 116 cm³/mol. The third kappa shape index (κ3) is 5.45. The van der Waals surface area contributed by atoms with E-state index in [9.17, 15) is 13.2 Å². The molecule has 0 unspecified atom stereocenters. The molecular formula is C21H27F3N8. The molecule has 172 valence electrons. The number of hydrogen-bond acceptors (Lipinski definition) is 4. The molecule has 0 fully saturated rings. The minimum atomic E-state index is -4.49. The highest BCUT2D eigenvalue weighted by Gasteiger charge is 2.33.